The van der Waals surface area contributed by atoms with Crippen molar-refractivity contribution in [3.63, 3.8) is 0 Å². The fraction of sp³-hybridized carbons (Fsp3) is 0.214. The smallest absolute Gasteiger partial charge is 0.287 e. The van der Waals surface area contributed by atoms with Gasteiger partial charge in [-0.25, -0.2) is 13.6 Å². The van der Waals surface area contributed by atoms with Gasteiger partial charge in [0.1, 0.15) is 0 Å². The Bertz CT molecular complexity index is 786. The minimum atomic E-state index is -3.96. The third kappa shape index (κ3) is 4.33. The van der Waals surface area contributed by atoms with Crippen molar-refractivity contribution in [3.8, 4) is 0 Å². The molecular weight excluding hydrogens is 328 g/mol. The Labute approximate surface area is 133 Å². The molecule has 6 nitrogen and oxygen atoms in total. The Morgan fingerprint density at radius 3 is 2.68 bits per heavy atom. The summed E-state index contributed by atoms with van der Waals surface area (Å²) in [5.41, 5.74) is 0.977. The predicted molar refractivity (Wildman–Crippen MR) is 82.2 cm³/mol. The molecule has 0 saturated carbocycles. The highest BCUT2D eigenvalue weighted by atomic mass is 35.5. The largest absolute Gasteiger partial charge is 0.438 e. The van der Waals surface area contributed by atoms with E-state index in [0.717, 1.165) is 11.6 Å². The van der Waals surface area contributed by atoms with E-state index in [4.69, 9.17) is 21.2 Å². The monoisotopic (exact) mass is 342 g/mol. The number of amides is 1. The van der Waals surface area contributed by atoms with Gasteiger partial charge in [0.25, 0.3) is 15.9 Å². The van der Waals surface area contributed by atoms with Crippen molar-refractivity contribution in [3.05, 3.63) is 52.7 Å². The molecule has 22 heavy (non-hydrogen) atoms. The molecule has 3 N–H and O–H groups in total. The van der Waals surface area contributed by atoms with Crippen molar-refractivity contribution in [2.24, 2.45) is 5.14 Å². The highest BCUT2D eigenvalue weighted by molar-refractivity contribution is 7.89. The van der Waals surface area contributed by atoms with Crippen molar-refractivity contribution < 1.29 is 17.6 Å². The van der Waals surface area contributed by atoms with Crippen molar-refractivity contribution in [1.29, 1.82) is 0 Å². The first-order chi connectivity index (χ1) is 10.3. The number of nitrogens with two attached hydrogens (primary N) is 1. The summed E-state index contributed by atoms with van der Waals surface area (Å²) < 4.78 is 27.1. The molecule has 0 aliphatic rings. The maximum Gasteiger partial charge on any atom is 0.287 e. The molecule has 0 aliphatic heterocycles. The summed E-state index contributed by atoms with van der Waals surface area (Å²) in [7, 11) is -3.96. The summed E-state index contributed by atoms with van der Waals surface area (Å²) in [6.45, 7) is 1.82. The lowest BCUT2D eigenvalue weighted by molar-refractivity contribution is 0.0907. The average molecular weight is 343 g/mol. The minimum Gasteiger partial charge on any atom is -0.438 e. The van der Waals surface area contributed by atoms with Crippen LogP contribution in [-0.4, -0.2) is 20.4 Å². The van der Waals surface area contributed by atoms with E-state index in [1.165, 1.54) is 6.07 Å². The molecule has 1 aromatic carbocycles. The lowest BCUT2D eigenvalue weighted by Gasteiger charge is -2.13. The van der Waals surface area contributed by atoms with Gasteiger partial charge < -0.3 is 9.73 Å². The lowest BCUT2D eigenvalue weighted by Crippen LogP contribution is -2.33. The van der Waals surface area contributed by atoms with Gasteiger partial charge in [-0.2, -0.15) is 0 Å². The second kappa shape index (κ2) is 6.51. The summed E-state index contributed by atoms with van der Waals surface area (Å²) >= 11 is 5.90. The van der Waals surface area contributed by atoms with E-state index in [1.54, 1.807) is 6.07 Å². The normalized spacial score (nSPS) is 12.9. The zero-order valence-corrected chi connectivity index (χ0v) is 13.3. The number of hydrogen-bond donors (Lipinski definition) is 2. The number of hydrogen-bond acceptors (Lipinski definition) is 4. The zero-order valence-electron chi connectivity index (χ0n) is 11.7. The Hall–Kier alpha value is -1.83. The number of benzene rings is 1. The topological polar surface area (TPSA) is 102 Å². The van der Waals surface area contributed by atoms with Gasteiger partial charge in [-0.05, 0) is 43.2 Å². The second-order valence-corrected chi connectivity index (χ2v) is 6.80. The Morgan fingerprint density at radius 1 is 1.36 bits per heavy atom. The Balaban J connectivity index is 2.01. The molecule has 2 rings (SSSR count). The quantitative estimate of drug-likeness (QED) is 0.866. The van der Waals surface area contributed by atoms with Gasteiger partial charge in [-0.3, -0.25) is 4.79 Å². The van der Waals surface area contributed by atoms with Crippen LogP contribution in [0.4, 0.5) is 0 Å². The molecule has 0 bridgehead atoms. The number of furan rings is 1. The second-order valence-electron chi connectivity index (χ2n) is 4.87. The van der Waals surface area contributed by atoms with Crippen molar-refractivity contribution >= 4 is 27.5 Å². The van der Waals surface area contributed by atoms with E-state index in [2.05, 4.69) is 5.32 Å². The third-order valence-electron chi connectivity index (χ3n) is 2.89. The first-order valence-corrected chi connectivity index (χ1v) is 8.36. The average Bonchev–Trinajstić information content (AvgIpc) is 2.87. The summed E-state index contributed by atoms with van der Waals surface area (Å²) in [4.78, 5) is 12.0. The summed E-state index contributed by atoms with van der Waals surface area (Å²) in [5.74, 6) is -0.619. The molecule has 0 fully saturated rings. The number of halogens is 1. The molecule has 0 unspecified atom stereocenters. The molecule has 2 aromatic rings. The van der Waals surface area contributed by atoms with Crippen LogP contribution in [0, 0.1) is 0 Å². The zero-order chi connectivity index (χ0) is 16.3. The van der Waals surface area contributed by atoms with Gasteiger partial charge in [0, 0.05) is 11.1 Å². The van der Waals surface area contributed by atoms with Crippen LogP contribution in [0.25, 0.3) is 0 Å². The fourth-order valence-electron chi connectivity index (χ4n) is 1.96. The van der Waals surface area contributed by atoms with Crippen LogP contribution < -0.4 is 10.5 Å². The number of primary sulfonamides is 1. The van der Waals surface area contributed by atoms with Gasteiger partial charge >= 0.3 is 0 Å². The van der Waals surface area contributed by atoms with E-state index in [0.29, 0.717) is 11.4 Å². The van der Waals surface area contributed by atoms with Gasteiger partial charge in [-0.15, -0.1) is 0 Å². The van der Waals surface area contributed by atoms with E-state index in [1.807, 2.05) is 25.1 Å². The van der Waals surface area contributed by atoms with Crippen LogP contribution in [0.15, 0.2) is 45.9 Å². The van der Waals surface area contributed by atoms with Crippen LogP contribution in [0.3, 0.4) is 0 Å². The summed E-state index contributed by atoms with van der Waals surface area (Å²) in [5, 5.41) is 7.82. The molecule has 1 aromatic heterocycles. The maximum absolute atomic E-state index is 12.0. The molecule has 0 radical (unpaired) electrons. The number of sulfonamides is 1. The number of carbonyl (C=O) groups is 1. The summed E-state index contributed by atoms with van der Waals surface area (Å²) in [6, 6.07) is 9.54. The van der Waals surface area contributed by atoms with Gasteiger partial charge in [0.2, 0.25) is 5.09 Å². The first kappa shape index (κ1) is 16.5. The minimum absolute atomic E-state index is 0.109. The van der Waals surface area contributed by atoms with Crippen molar-refractivity contribution in [2.45, 2.75) is 24.5 Å². The molecule has 118 valence electrons. The molecule has 8 heteroatoms. The van der Waals surface area contributed by atoms with Crippen molar-refractivity contribution in [2.75, 3.05) is 0 Å². The number of nitrogens with one attached hydrogen (secondary N) is 1. The molecule has 1 heterocycles. The first-order valence-electron chi connectivity index (χ1n) is 6.43. The van der Waals surface area contributed by atoms with Gasteiger partial charge in [0.15, 0.2) is 5.76 Å². The Morgan fingerprint density at radius 2 is 2.09 bits per heavy atom. The van der Waals surface area contributed by atoms with Crippen LogP contribution >= 0.6 is 11.6 Å². The summed E-state index contributed by atoms with van der Waals surface area (Å²) in [6.07, 6.45) is 0.578. The predicted octanol–water partition coefficient (Wildman–Crippen LogP) is 1.94. The highest BCUT2D eigenvalue weighted by Crippen LogP contribution is 2.14. The van der Waals surface area contributed by atoms with E-state index >= 15 is 0 Å². The van der Waals surface area contributed by atoms with E-state index in [9.17, 15) is 13.2 Å². The van der Waals surface area contributed by atoms with Gasteiger partial charge in [-0.1, -0.05) is 23.7 Å². The SMILES string of the molecule is C[C@@H](Cc1cccc(Cl)c1)NC(=O)c1ccc(S(N)(=O)=O)o1. The molecule has 0 saturated heterocycles. The lowest BCUT2D eigenvalue weighted by atomic mass is 10.1. The molecular formula is C14H15ClN2O4S. The van der Waals surface area contributed by atoms with E-state index < -0.39 is 21.0 Å². The molecule has 1 atom stereocenters. The third-order valence-corrected chi connectivity index (χ3v) is 3.91. The highest BCUT2D eigenvalue weighted by Gasteiger charge is 2.18. The van der Waals surface area contributed by atoms with Crippen LogP contribution in [0.5, 0.6) is 0 Å². The molecule has 1 amide bonds. The molecule has 0 spiro atoms. The van der Waals surface area contributed by atoms with E-state index in [-0.39, 0.29) is 11.8 Å². The van der Waals surface area contributed by atoms with Crippen LogP contribution in [0.1, 0.15) is 23.0 Å². The van der Waals surface area contributed by atoms with Crippen LogP contribution in [0.2, 0.25) is 5.02 Å². The number of rotatable bonds is 5. The number of carbonyl (C=O) groups excluding carboxylic acids is 1. The van der Waals surface area contributed by atoms with Crippen LogP contribution in [-0.2, 0) is 16.4 Å². The Kier molecular flexibility index (Phi) is 4.90. The van der Waals surface area contributed by atoms with Gasteiger partial charge in [0.05, 0.1) is 0 Å². The van der Waals surface area contributed by atoms with Crippen molar-refractivity contribution in [1.82, 2.24) is 5.32 Å². The standard InChI is InChI=1S/C14H15ClN2O4S/c1-9(7-10-3-2-4-11(15)8-10)17-14(18)12-5-6-13(21-12)22(16,19)20/h2-6,8-9H,7H2,1H3,(H,17,18)(H2,16,19,20)/t9-/m0/s1. The maximum atomic E-state index is 12.0. The fourth-order valence-corrected chi connectivity index (χ4v) is 2.64. The molecule has 0 aliphatic carbocycles.